The summed E-state index contributed by atoms with van der Waals surface area (Å²) < 4.78 is 4.91. The Kier molecular flexibility index (Phi) is 6.88. The predicted octanol–water partition coefficient (Wildman–Crippen LogP) is 2.36. The Bertz CT molecular complexity index is 499. The van der Waals surface area contributed by atoms with Gasteiger partial charge in [0.2, 0.25) is 5.91 Å². The monoisotopic (exact) mass is 293 g/mol. The van der Waals surface area contributed by atoms with E-state index in [0.717, 1.165) is 17.5 Å². The molecule has 0 aliphatic carbocycles. The average molecular weight is 293 g/mol. The molecule has 21 heavy (non-hydrogen) atoms. The van der Waals surface area contributed by atoms with Gasteiger partial charge in [-0.05, 0) is 43.4 Å². The van der Waals surface area contributed by atoms with Crippen molar-refractivity contribution in [2.75, 3.05) is 13.7 Å². The van der Waals surface area contributed by atoms with E-state index < -0.39 is 12.0 Å². The van der Waals surface area contributed by atoms with Gasteiger partial charge in [-0.2, -0.15) is 0 Å². The van der Waals surface area contributed by atoms with Crippen molar-refractivity contribution in [1.82, 2.24) is 5.32 Å². The molecule has 116 valence electrons. The number of nitrogens with one attached hydrogen (secondary N) is 1. The molecule has 0 saturated carbocycles. The molecule has 0 spiro atoms. The van der Waals surface area contributed by atoms with E-state index in [0.29, 0.717) is 25.0 Å². The molecular formula is C16H23NO4. The summed E-state index contributed by atoms with van der Waals surface area (Å²) in [5, 5.41) is 11.9. The van der Waals surface area contributed by atoms with Gasteiger partial charge in [-0.1, -0.05) is 18.2 Å². The highest BCUT2D eigenvalue weighted by atomic mass is 16.5. The number of carbonyl (C=O) groups is 2. The lowest BCUT2D eigenvalue weighted by Crippen LogP contribution is -2.33. The highest BCUT2D eigenvalue weighted by Gasteiger charge is 2.22. The van der Waals surface area contributed by atoms with Gasteiger partial charge < -0.3 is 15.2 Å². The van der Waals surface area contributed by atoms with Gasteiger partial charge in [0, 0.05) is 20.1 Å². The molecule has 1 aromatic rings. The second-order valence-corrected chi connectivity index (χ2v) is 5.13. The first-order valence-corrected chi connectivity index (χ1v) is 7.04. The molecule has 0 radical (unpaired) electrons. The van der Waals surface area contributed by atoms with E-state index in [4.69, 9.17) is 4.74 Å². The van der Waals surface area contributed by atoms with Crippen LogP contribution in [-0.2, 0) is 14.3 Å². The Balaban J connectivity index is 2.67. The first kappa shape index (κ1) is 17.2. The summed E-state index contributed by atoms with van der Waals surface area (Å²) in [5.41, 5.74) is 2.69. The first-order valence-electron chi connectivity index (χ1n) is 7.04. The number of aliphatic carboxylic acids is 1. The van der Waals surface area contributed by atoms with E-state index in [9.17, 15) is 14.7 Å². The molecule has 1 rings (SSSR count). The lowest BCUT2D eigenvalue weighted by atomic mass is 10.0. The van der Waals surface area contributed by atoms with Crippen LogP contribution in [0.25, 0.3) is 0 Å². The summed E-state index contributed by atoms with van der Waals surface area (Å²) in [7, 11) is 1.61. The molecule has 5 heteroatoms. The number of aryl methyl sites for hydroxylation is 2. The second-order valence-electron chi connectivity index (χ2n) is 5.13. The van der Waals surface area contributed by atoms with Crippen molar-refractivity contribution in [2.45, 2.75) is 39.2 Å². The fourth-order valence-corrected chi connectivity index (χ4v) is 2.00. The van der Waals surface area contributed by atoms with Crippen molar-refractivity contribution < 1.29 is 19.4 Å². The van der Waals surface area contributed by atoms with Gasteiger partial charge in [0.1, 0.15) is 0 Å². The normalized spacial score (nSPS) is 12.0. The third-order valence-electron chi connectivity index (χ3n) is 3.42. The molecule has 1 aromatic carbocycles. The van der Waals surface area contributed by atoms with E-state index in [1.165, 1.54) is 0 Å². The first-order chi connectivity index (χ1) is 9.95. The zero-order chi connectivity index (χ0) is 15.8. The van der Waals surface area contributed by atoms with Gasteiger partial charge in [-0.25, -0.2) is 4.79 Å². The van der Waals surface area contributed by atoms with Crippen molar-refractivity contribution in [3.63, 3.8) is 0 Å². The SMILES string of the molecule is COCCCCC(=O)NC(C(=O)O)c1ccc(C)c(C)c1. The van der Waals surface area contributed by atoms with Crippen LogP contribution in [0.2, 0.25) is 0 Å². The number of unbranched alkanes of at least 4 members (excludes halogenated alkanes) is 1. The quantitative estimate of drug-likeness (QED) is 0.721. The minimum atomic E-state index is -1.05. The minimum Gasteiger partial charge on any atom is -0.479 e. The van der Waals surface area contributed by atoms with E-state index in [-0.39, 0.29) is 5.91 Å². The van der Waals surface area contributed by atoms with Crippen molar-refractivity contribution in [1.29, 1.82) is 0 Å². The number of hydrogen-bond donors (Lipinski definition) is 2. The number of benzene rings is 1. The number of carboxylic acids is 1. The standard InChI is InChI=1S/C16H23NO4/c1-11-7-8-13(10-12(11)2)15(16(19)20)17-14(18)6-4-5-9-21-3/h7-8,10,15H,4-6,9H2,1-3H3,(H,17,18)(H,19,20). The van der Waals surface area contributed by atoms with Crippen molar-refractivity contribution >= 4 is 11.9 Å². The topological polar surface area (TPSA) is 75.6 Å². The molecule has 0 saturated heterocycles. The fourth-order valence-electron chi connectivity index (χ4n) is 2.00. The Morgan fingerprint density at radius 1 is 1.24 bits per heavy atom. The summed E-state index contributed by atoms with van der Waals surface area (Å²) in [4.78, 5) is 23.2. The van der Waals surface area contributed by atoms with Crippen LogP contribution in [0, 0.1) is 13.8 Å². The summed E-state index contributed by atoms with van der Waals surface area (Å²) in [6.07, 6.45) is 1.77. The van der Waals surface area contributed by atoms with Crippen LogP contribution in [-0.4, -0.2) is 30.7 Å². The molecule has 0 aliphatic heterocycles. The molecule has 1 atom stereocenters. The van der Waals surface area contributed by atoms with Gasteiger partial charge in [0.25, 0.3) is 0 Å². The zero-order valence-corrected chi connectivity index (χ0v) is 12.8. The molecule has 0 aromatic heterocycles. The van der Waals surface area contributed by atoms with Gasteiger partial charge >= 0.3 is 5.97 Å². The maximum atomic E-state index is 11.8. The van der Waals surface area contributed by atoms with Gasteiger partial charge in [0.05, 0.1) is 0 Å². The summed E-state index contributed by atoms with van der Waals surface area (Å²) in [5.74, 6) is -1.31. The van der Waals surface area contributed by atoms with Crippen LogP contribution >= 0.6 is 0 Å². The van der Waals surface area contributed by atoms with Crippen molar-refractivity contribution in [3.8, 4) is 0 Å². The number of methoxy groups -OCH3 is 1. The Labute approximate surface area is 125 Å². The van der Waals surface area contributed by atoms with Crippen molar-refractivity contribution in [2.24, 2.45) is 0 Å². The summed E-state index contributed by atoms with van der Waals surface area (Å²) in [6.45, 7) is 4.49. The number of carbonyl (C=O) groups excluding carboxylic acids is 1. The second kappa shape index (κ2) is 8.42. The molecule has 0 heterocycles. The van der Waals surface area contributed by atoms with Crippen LogP contribution in [0.4, 0.5) is 0 Å². The van der Waals surface area contributed by atoms with E-state index in [1.807, 2.05) is 19.9 Å². The maximum Gasteiger partial charge on any atom is 0.330 e. The number of ether oxygens (including phenoxy) is 1. The number of carboxylic acid groups (broad SMARTS) is 1. The largest absolute Gasteiger partial charge is 0.479 e. The van der Waals surface area contributed by atoms with Gasteiger partial charge in [0.15, 0.2) is 6.04 Å². The fraction of sp³-hybridized carbons (Fsp3) is 0.500. The molecule has 0 bridgehead atoms. The average Bonchev–Trinajstić information content (AvgIpc) is 2.44. The molecule has 0 aliphatic rings. The number of hydrogen-bond acceptors (Lipinski definition) is 3. The third-order valence-corrected chi connectivity index (χ3v) is 3.42. The van der Waals surface area contributed by atoms with Crippen LogP contribution in [0.15, 0.2) is 18.2 Å². The van der Waals surface area contributed by atoms with Crippen LogP contribution in [0.5, 0.6) is 0 Å². The highest BCUT2D eigenvalue weighted by molar-refractivity contribution is 5.84. The van der Waals surface area contributed by atoms with Crippen LogP contribution in [0.1, 0.15) is 42.0 Å². The molecule has 2 N–H and O–H groups in total. The molecule has 0 fully saturated rings. The van der Waals surface area contributed by atoms with Crippen molar-refractivity contribution in [3.05, 3.63) is 34.9 Å². The minimum absolute atomic E-state index is 0.253. The smallest absolute Gasteiger partial charge is 0.330 e. The predicted molar refractivity (Wildman–Crippen MR) is 80.2 cm³/mol. The molecule has 5 nitrogen and oxygen atoms in total. The molecular weight excluding hydrogens is 270 g/mol. The van der Waals surface area contributed by atoms with Gasteiger partial charge in [-0.15, -0.1) is 0 Å². The van der Waals surface area contributed by atoms with E-state index in [1.54, 1.807) is 19.2 Å². The Morgan fingerprint density at radius 2 is 1.95 bits per heavy atom. The Morgan fingerprint density at radius 3 is 2.52 bits per heavy atom. The Hall–Kier alpha value is -1.88. The van der Waals surface area contributed by atoms with E-state index >= 15 is 0 Å². The lowest BCUT2D eigenvalue weighted by molar-refractivity contribution is -0.142. The summed E-state index contributed by atoms with van der Waals surface area (Å²) >= 11 is 0. The lowest BCUT2D eigenvalue weighted by Gasteiger charge is -2.16. The number of amides is 1. The molecule has 1 unspecified atom stereocenters. The van der Waals surface area contributed by atoms with Crippen LogP contribution < -0.4 is 5.32 Å². The maximum absolute atomic E-state index is 11.8. The van der Waals surface area contributed by atoms with Gasteiger partial charge in [-0.3, -0.25) is 4.79 Å². The zero-order valence-electron chi connectivity index (χ0n) is 12.8. The van der Waals surface area contributed by atoms with E-state index in [2.05, 4.69) is 5.32 Å². The third kappa shape index (κ3) is 5.55. The molecule has 1 amide bonds. The van der Waals surface area contributed by atoms with Crippen LogP contribution in [0.3, 0.4) is 0 Å². The summed E-state index contributed by atoms with van der Waals surface area (Å²) in [6, 6.07) is 4.41. The highest BCUT2D eigenvalue weighted by Crippen LogP contribution is 2.18. The number of rotatable bonds is 8.